The molecule has 21 heavy (non-hydrogen) atoms. The van der Waals surface area contributed by atoms with Gasteiger partial charge in [-0.3, -0.25) is 4.79 Å². The summed E-state index contributed by atoms with van der Waals surface area (Å²) in [6.07, 6.45) is -4.69. The molecule has 0 saturated heterocycles. The fraction of sp³-hybridized carbons (Fsp3) is 0.429. The standard InChI is InChI=1S/C14H16F3NO3/c1-13(2,3)10(12(20)21)18-11(19)8-6-4-5-7-9(8)14(15,16)17/h4-7,10H,1-3H3,(H,18,19)(H,20,21). The highest BCUT2D eigenvalue weighted by molar-refractivity contribution is 5.98. The van der Waals surface area contributed by atoms with Crippen LogP contribution in [0.4, 0.5) is 13.2 Å². The number of hydrogen-bond donors (Lipinski definition) is 2. The number of carboxylic acids is 1. The van der Waals surface area contributed by atoms with Gasteiger partial charge in [-0.1, -0.05) is 32.9 Å². The van der Waals surface area contributed by atoms with E-state index in [9.17, 15) is 22.8 Å². The van der Waals surface area contributed by atoms with Gasteiger partial charge < -0.3 is 10.4 Å². The number of alkyl halides is 3. The largest absolute Gasteiger partial charge is 0.480 e. The van der Waals surface area contributed by atoms with Crippen LogP contribution in [0.2, 0.25) is 0 Å². The number of benzene rings is 1. The zero-order valence-corrected chi connectivity index (χ0v) is 11.8. The van der Waals surface area contributed by atoms with E-state index in [4.69, 9.17) is 5.11 Å². The minimum absolute atomic E-state index is 0.597. The molecule has 0 aliphatic rings. The Bertz CT molecular complexity index is 547. The van der Waals surface area contributed by atoms with Gasteiger partial charge in [0.15, 0.2) is 0 Å². The zero-order chi connectivity index (χ0) is 16.4. The monoisotopic (exact) mass is 303 g/mol. The van der Waals surface area contributed by atoms with Gasteiger partial charge in [0.2, 0.25) is 0 Å². The third-order valence-electron chi connectivity index (χ3n) is 2.87. The first-order chi connectivity index (χ1) is 9.44. The van der Waals surface area contributed by atoms with Crippen molar-refractivity contribution in [3.63, 3.8) is 0 Å². The fourth-order valence-electron chi connectivity index (χ4n) is 1.79. The van der Waals surface area contributed by atoms with E-state index in [0.717, 1.165) is 18.2 Å². The molecule has 4 nitrogen and oxygen atoms in total. The summed E-state index contributed by atoms with van der Waals surface area (Å²) >= 11 is 0. The number of amides is 1. The molecule has 0 aliphatic heterocycles. The summed E-state index contributed by atoms with van der Waals surface area (Å²) in [4.78, 5) is 23.2. The SMILES string of the molecule is CC(C)(C)C(NC(=O)c1ccccc1C(F)(F)F)C(=O)O. The number of carbonyl (C=O) groups is 2. The Balaban J connectivity index is 3.13. The molecule has 2 N–H and O–H groups in total. The van der Waals surface area contributed by atoms with Gasteiger partial charge in [-0.2, -0.15) is 13.2 Å². The van der Waals surface area contributed by atoms with Crippen molar-refractivity contribution in [2.24, 2.45) is 5.41 Å². The lowest BCUT2D eigenvalue weighted by molar-refractivity contribution is -0.142. The smallest absolute Gasteiger partial charge is 0.417 e. The molecule has 0 aliphatic carbocycles. The maximum Gasteiger partial charge on any atom is 0.417 e. The van der Waals surface area contributed by atoms with Gasteiger partial charge in [0.1, 0.15) is 6.04 Å². The Morgan fingerprint density at radius 3 is 2.10 bits per heavy atom. The van der Waals surface area contributed by atoms with E-state index < -0.39 is 40.6 Å². The highest BCUT2D eigenvalue weighted by Crippen LogP contribution is 2.32. The van der Waals surface area contributed by atoms with Crippen LogP contribution in [-0.2, 0) is 11.0 Å². The molecule has 0 radical (unpaired) electrons. The highest BCUT2D eigenvalue weighted by atomic mass is 19.4. The number of nitrogens with one attached hydrogen (secondary N) is 1. The van der Waals surface area contributed by atoms with Crippen LogP contribution < -0.4 is 5.32 Å². The maximum absolute atomic E-state index is 12.8. The summed E-state index contributed by atoms with van der Waals surface area (Å²) in [7, 11) is 0. The van der Waals surface area contributed by atoms with Crippen molar-refractivity contribution in [3.8, 4) is 0 Å². The predicted octanol–water partition coefficient (Wildman–Crippen LogP) is 2.93. The maximum atomic E-state index is 12.8. The molecular formula is C14H16F3NO3. The number of rotatable bonds is 3. The average Bonchev–Trinajstić information content (AvgIpc) is 2.32. The first-order valence-corrected chi connectivity index (χ1v) is 6.14. The molecule has 116 valence electrons. The molecular weight excluding hydrogens is 287 g/mol. The Hall–Kier alpha value is -2.05. The van der Waals surface area contributed by atoms with Crippen molar-refractivity contribution in [1.82, 2.24) is 5.32 Å². The van der Waals surface area contributed by atoms with Crippen LogP contribution in [0.3, 0.4) is 0 Å². The number of carboxylic acid groups (broad SMARTS) is 1. The van der Waals surface area contributed by atoms with Crippen molar-refractivity contribution in [1.29, 1.82) is 0 Å². The second kappa shape index (κ2) is 5.75. The van der Waals surface area contributed by atoms with Gasteiger partial charge in [-0.05, 0) is 17.5 Å². The van der Waals surface area contributed by atoms with E-state index in [1.54, 1.807) is 20.8 Å². The van der Waals surface area contributed by atoms with Crippen molar-refractivity contribution in [2.45, 2.75) is 33.0 Å². The van der Waals surface area contributed by atoms with E-state index in [1.807, 2.05) is 0 Å². The van der Waals surface area contributed by atoms with E-state index >= 15 is 0 Å². The van der Waals surface area contributed by atoms with Crippen molar-refractivity contribution in [2.75, 3.05) is 0 Å². The van der Waals surface area contributed by atoms with E-state index in [2.05, 4.69) is 5.32 Å². The second-order valence-electron chi connectivity index (χ2n) is 5.65. The van der Waals surface area contributed by atoms with Crippen molar-refractivity contribution >= 4 is 11.9 Å². The van der Waals surface area contributed by atoms with Crippen LogP contribution in [0.15, 0.2) is 24.3 Å². The minimum Gasteiger partial charge on any atom is -0.480 e. The molecule has 1 rings (SSSR count). The lowest BCUT2D eigenvalue weighted by Crippen LogP contribution is -2.49. The lowest BCUT2D eigenvalue weighted by Gasteiger charge is -2.28. The van der Waals surface area contributed by atoms with Gasteiger partial charge in [-0.15, -0.1) is 0 Å². The first-order valence-electron chi connectivity index (χ1n) is 6.14. The number of halogens is 3. The van der Waals surface area contributed by atoms with Crippen molar-refractivity contribution < 1.29 is 27.9 Å². The summed E-state index contributed by atoms with van der Waals surface area (Å²) in [5, 5.41) is 11.2. The quantitative estimate of drug-likeness (QED) is 0.902. The third-order valence-corrected chi connectivity index (χ3v) is 2.87. The van der Waals surface area contributed by atoms with E-state index in [0.29, 0.717) is 0 Å². The molecule has 1 aromatic carbocycles. The zero-order valence-electron chi connectivity index (χ0n) is 11.8. The molecule has 1 unspecified atom stereocenters. The third kappa shape index (κ3) is 4.21. The average molecular weight is 303 g/mol. The summed E-state index contributed by atoms with van der Waals surface area (Å²) in [5.41, 5.74) is -2.53. The molecule has 0 aromatic heterocycles. The molecule has 0 heterocycles. The Labute approximate surface area is 120 Å². The predicted molar refractivity (Wildman–Crippen MR) is 69.8 cm³/mol. The molecule has 0 bridgehead atoms. The second-order valence-corrected chi connectivity index (χ2v) is 5.65. The van der Waals surface area contributed by atoms with Gasteiger partial charge in [-0.25, -0.2) is 4.79 Å². The summed E-state index contributed by atoms with van der Waals surface area (Å²) in [6, 6.07) is 2.95. The number of aliphatic carboxylic acids is 1. The minimum atomic E-state index is -4.69. The molecule has 1 amide bonds. The Kier molecular flexibility index (Phi) is 4.65. The molecule has 0 saturated carbocycles. The normalized spacial score (nSPS) is 13.6. The molecule has 7 heteroatoms. The lowest BCUT2D eigenvalue weighted by atomic mass is 9.86. The Morgan fingerprint density at radius 2 is 1.67 bits per heavy atom. The highest BCUT2D eigenvalue weighted by Gasteiger charge is 2.37. The van der Waals surface area contributed by atoms with Gasteiger partial charge in [0, 0.05) is 0 Å². The van der Waals surface area contributed by atoms with Crippen LogP contribution in [0.1, 0.15) is 36.7 Å². The van der Waals surface area contributed by atoms with Gasteiger partial charge in [0.25, 0.3) is 5.91 Å². The van der Waals surface area contributed by atoms with Gasteiger partial charge >= 0.3 is 12.1 Å². The summed E-state index contributed by atoms with van der Waals surface area (Å²) < 4.78 is 38.5. The summed E-state index contributed by atoms with van der Waals surface area (Å²) in [5.74, 6) is -2.37. The van der Waals surface area contributed by atoms with Crippen LogP contribution in [0, 0.1) is 5.41 Å². The van der Waals surface area contributed by atoms with Crippen LogP contribution in [0.5, 0.6) is 0 Å². The number of carbonyl (C=O) groups excluding carboxylic acids is 1. The molecule has 0 fully saturated rings. The Morgan fingerprint density at radius 1 is 1.14 bits per heavy atom. The topological polar surface area (TPSA) is 66.4 Å². The van der Waals surface area contributed by atoms with Crippen molar-refractivity contribution in [3.05, 3.63) is 35.4 Å². The van der Waals surface area contributed by atoms with E-state index in [-0.39, 0.29) is 0 Å². The van der Waals surface area contributed by atoms with Crippen LogP contribution in [-0.4, -0.2) is 23.0 Å². The van der Waals surface area contributed by atoms with Crippen LogP contribution >= 0.6 is 0 Å². The van der Waals surface area contributed by atoms with Crippen LogP contribution in [0.25, 0.3) is 0 Å². The molecule has 0 spiro atoms. The summed E-state index contributed by atoms with van der Waals surface area (Å²) in [6.45, 7) is 4.71. The molecule has 1 atom stereocenters. The first kappa shape index (κ1) is 17.0. The molecule has 1 aromatic rings. The number of hydrogen-bond acceptors (Lipinski definition) is 2. The van der Waals surface area contributed by atoms with E-state index in [1.165, 1.54) is 6.07 Å². The fourth-order valence-corrected chi connectivity index (χ4v) is 1.79. The van der Waals surface area contributed by atoms with Gasteiger partial charge in [0.05, 0.1) is 11.1 Å².